The lowest BCUT2D eigenvalue weighted by Crippen LogP contribution is -2.56. The second-order valence-electron chi connectivity index (χ2n) is 6.30. The number of rotatable bonds is 4. The van der Waals surface area contributed by atoms with Gasteiger partial charge in [0.25, 0.3) is 16.1 Å². The summed E-state index contributed by atoms with van der Waals surface area (Å²) in [5.74, 6) is -0.0469. The summed E-state index contributed by atoms with van der Waals surface area (Å²) in [4.78, 5) is 14.2. The summed E-state index contributed by atoms with van der Waals surface area (Å²) in [5.41, 5.74) is 5.57. The highest BCUT2D eigenvalue weighted by molar-refractivity contribution is 7.86. The van der Waals surface area contributed by atoms with Gasteiger partial charge >= 0.3 is 0 Å². The van der Waals surface area contributed by atoms with E-state index in [1.165, 1.54) is 8.61 Å². The number of nitrogens with two attached hydrogens (primary N) is 1. The zero-order chi connectivity index (χ0) is 17.2. The van der Waals surface area contributed by atoms with Crippen LogP contribution in [0, 0.1) is 0 Å². The number of amides is 1. The molecule has 0 aliphatic carbocycles. The summed E-state index contributed by atoms with van der Waals surface area (Å²) in [5, 5.41) is 0. The molecular weight excluding hydrogens is 336 g/mol. The molecule has 2 atom stereocenters. The summed E-state index contributed by atoms with van der Waals surface area (Å²) >= 11 is 0. The van der Waals surface area contributed by atoms with Crippen LogP contribution in [0.15, 0.2) is 0 Å². The second kappa shape index (κ2) is 7.63. The Bertz CT molecular complexity index is 543. The van der Waals surface area contributed by atoms with E-state index in [0.717, 1.165) is 6.42 Å². The molecule has 3 heterocycles. The van der Waals surface area contributed by atoms with Crippen molar-refractivity contribution in [1.82, 2.24) is 13.5 Å². The predicted octanol–water partition coefficient (Wildman–Crippen LogP) is -1.79. The molecule has 138 valence electrons. The van der Waals surface area contributed by atoms with Crippen LogP contribution in [0.4, 0.5) is 0 Å². The number of ether oxygens (including phenoxy) is 2. The fraction of sp³-hybridized carbons (Fsp3) is 0.929. The Kier molecular flexibility index (Phi) is 5.73. The second-order valence-corrected chi connectivity index (χ2v) is 8.23. The molecule has 1 amide bonds. The molecule has 0 unspecified atom stereocenters. The fourth-order valence-corrected chi connectivity index (χ4v) is 4.91. The summed E-state index contributed by atoms with van der Waals surface area (Å²) in [6.07, 6.45) is 1.02. The van der Waals surface area contributed by atoms with Crippen LogP contribution in [0.25, 0.3) is 0 Å². The fourth-order valence-electron chi connectivity index (χ4n) is 3.34. The van der Waals surface area contributed by atoms with Crippen molar-refractivity contribution in [2.75, 3.05) is 59.0 Å². The SMILES string of the molecule is NC[C@H]1CC[C@@H](C(=O)N2CCN(S(=O)(=O)N3CCOCC3)CC2)O1. The third-order valence-corrected chi connectivity index (χ3v) is 6.85. The van der Waals surface area contributed by atoms with Crippen molar-refractivity contribution in [1.29, 1.82) is 0 Å². The Labute approximate surface area is 142 Å². The lowest BCUT2D eigenvalue weighted by atomic mass is 10.1. The van der Waals surface area contributed by atoms with Crippen molar-refractivity contribution in [3.63, 3.8) is 0 Å². The minimum absolute atomic E-state index is 0.0399. The predicted molar refractivity (Wildman–Crippen MR) is 86.4 cm³/mol. The van der Waals surface area contributed by atoms with E-state index in [9.17, 15) is 13.2 Å². The Hall–Kier alpha value is -0.780. The number of hydrogen-bond acceptors (Lipinski definition) is 6. The Morgan fingerprint density at radius 1 is 1.00 bits per heavy atom. The standard InChI is InChI=1S/C14H26N4O5S/c15-11-12-1-2-13(23-12)14(19)16-3-5-17(6-4-16)24(20,21)18-7-9-22-10-8-18/h12-13H,1-11,15H2/t12-,13+/m1/s1. The average Bonchev–Trinajstić information content (AvgIpc) is 3.11. The molecule has 3 saturated heterocycles. The maximum absolute atomic E-state index is 12.6. The molecular formula is C14H26N4O5S. The van der Waals surface area contributed by atoms with Gasteiger partial charge in [0.15, 0.2) is 0 Å². The number of carbonyl (C=O) groups is 1. The Morgan fingerprint density at radius 3 is 2.21 bits per heavy atom. The zero-order valence-electron chi connectivity index (χ0n) is 13.8. The molecule has 0 aromatic heterocycles. The van der Waals surface area contributed by atoms with Crippen LogP contribution in [0.1, 0.15) is 12.8 Å². The van der Waals surface area contributed by atoms with Crippen molar-refractivity contribution in [3.05, 3.63) is 0 Å². The van der Waals surface area contributed by atoms with Gasteiger partial charge in [-0.25, -0.2) is 0 Å². The van der Waals surface area contributed by atoms with Gasteiger partial charge < -0.3 is 20.1 Å². The third-order valence-electron chi connectivity index (χ3n) is 4.82. The molecule has 0 bridgehead atoms. The minimum Gasteiger partial charge on any atom is -0.379 e. The van der Waals surface area contributed by atoms with Crippen molar-refractivity contribution in [2.24, 2.45) is 5.73 Å². The van der Waals surface area contributed by atoms with E-state index in [1.54, 1.807) is 4.90 Å². The van der Waals surface area contributed by atoms with Crippen LogP contribution in [0.2, 0.25) is 0 Å². The minimum atomic E-state index is -3.47. The average molecular weight is 362 g/mol. The smallest absolute Gasteiger partial charge is 0.282 e. The first-order valence-corrected chi connectivity index (χ1v) is 9.89. The number of morpholine rings is 1. The number of hydrogen-bond donors (Lipinski definition) is 1. The molecule has 0 aromatic rings. The molecule has 10 heteroatoms. The summed E-state index contributed by atoms with van der Waals surface area (Å²) in [6, 6.07) is 0. The van der Waals surface area contributed by atoms with Crippen molar-refractivity contribution < 1.29 is 22.7 Å². The van der Waals surface area contributed by atoms with Crippen LogP contribution >= 0.6 is 0 Å². The first-order chi connectivity index (χ1) is 11.5. The molecule has 0 saturated carbocycles. The van der Waals surface area contributed by atoms with E-state index >= 15 is 0 Å². The molecule has 9 nitrogen and oxygen atoms in total. The first kappa shape index (κ1) is 18.0. The van der Waals surface area contributed by atoms with Crippen LogP contribution in [0.3, 0.4) is 0 Å². The summed E-state index contributed by atoms with van der Waals surface area (Å²) < 4.78 is 39.0. The van der Waals surface area contributed by atoms with Crippen LogP contribution in [-0.4, -0.2) is 99.1 Å². The largest absolute Gasteiger partial charge is 0.379 e. The maximum Gasteiger partial charge on any atom is 0.282 e. The Balaban J connectivity index is 1.53. The van der Waals surface area contributed by atoms with Gasteiger partial charge in [-0.2, -0.15) is 17.0 Å². The lowest BCUT2D eigenvalue weighted by Gasteiger charge is -2.38. The maximum atomic E-state index is 12.6. The van der Waals surface area contributed by atoms with Gasteiger partial charge in [-0.3, -0.25) is 4.79 Å². The summed E-state index contributed by atoms with van der Waals surface area (Å²) in [7, 11) is -3.47. The molecule has 3 aliphatic heterocycles. The van der Waals surface area contributed by atoms with Gasteiger partial charge in [0.2, 0.25) is 0 Å². The highest BCUT2D eigenvalue weighted by Crippen LogP contribution is 2.22. The monoisotopic (exact) mass is 362 g/mol. The Morgan fingerprint density at radius 2 is 1.62 bits per heavy atom. The zero-order valence-corrected chi connectivity index (χ0v) is 14.6. The van der Waals surface area contributed by atoms with Gasteiger partial charge in [-0.05, 0) is 12.8 Å². The number of piperazine rings is 1. The van der Waals surface area contributed by atoms with Crippen LogP contribution < -0.4 is 5.73 Å². The first-order valence-electron chi connectivity index (χ1n) is 8.49. The van der Waals surface area contributed by atoms with Gasteiger partial charge in [-0.1, -0.05) is 0 Å². The lowest BCUT2D eigenvalue weighted by molar-refractivity contribution is -0.144. The van der Waals surface area contributed by atoms with E-state index in [1.807, 2.05) is 0 Å². The molecule has 0 radical (unpaired) electrons. The molecule has 0 aromatic carbocycles. The van der Waals surface area contributed by atoms with E-state index in [0.29, 0.717) is 65.4 Å². The van der Waals surface area contributed by atoms with Crippen LogP contribution in [0.5, 0.6) is 0 Å². The molecule has 3 fully saturated rings. The van der Waals surface area contributed by atoms with Crippen LogP contribution in [-0.2, 0) is 24.5 Å². The van der Waals surface area contributed by atoms with Gasteiger partial charge in [0.1, 0.15) is 6.10 Å². The normalized spacial score (nSPS) is 30.6. The van der Waals surface area contributed by atoms with E-state index < -0.39 is 16.3 Å². The van der Waals surface area contributed by atoms with Crippen molar-refractivity contribution in [2.45, 2.75) is 25.0 Å². The van der Waals surface area contributed by atoms with E-state index in [2.05, 4.69) is 0 Å². The van der Waals surface area contributed by atoms with Crippen molar-refractivity contribution >= 4 is 16.1 Å². The third kappa shape index (κ3) is 3.73. The molecule has 3 aliphatic rings. The summed E-state index contributed by atoms with van der Waals surface area (Å²) in [6.45, 7) is 3.49. The topological polar surface area (TPSA) is 105 Å². The number of carbonyl (C=O) groups excluding carboxylic acids is 1. The van der Waals surface area contributed by atoms with E-state index in [4.69, 9.17) is 15.2 Å². The quantitative estimate of drug-likeness (QED) is 0.633. The molecule has 2 N–H and O–H groups in total. The highest BCUT2D eigenvalue weighted by Gasteiger charge is 2.37. The number of nitrogens with zero attached hydrogens (tertiary/aromatic N) is 3. The molecule has 3 rings (SSSR count). The molecule has 24 heavy (non-hydrogen) atoms. The van der Waals surface area contributed by atoms with E-state index in [-0.39, 0.29) is 12.0 Å². The molecule has 0 spiro atoms. The van der Waals surface area contributed by atoms with Gasteiger partial charge in [0, 0.05) is 45.8 Å². The van der Waals surface area contributed by atoms with Crippen molar-refractivity contribution in [3.8, 4) is 0 Å². The van der Waals surface area contributed by atoms with Gasteiger partial charge in [0.05, 0.1) is 19.3 Å². The highest BCUT2D eigenvalue weighted by atomic mass is 32.2. The van der Waals surface area contributed by atoms with Gasteiger partial charge in [-0.15, -0.1) is 0 Å².